The van der Waals surface area contributed by atoms with Gasteiger partial charge in [0.15, 0.2) is 0 Å². The number of hydrogen-bond donors (Lipinski definition) is 0. The lowest BCUT2D eigenvalue weighted by atomic mass is 9.83. The van der Waals surface area contributed by atoms with Crippen LogP contribution in [0.2, 0.25) is 0 Å². The molecule has 0 radical (unpaired) electrons. The first-order valence-corrected chi connectivity index (χ1v) is 9.63. The van der Waals surface area contributed by atoms with Gasteiger partial charge in [0.1, 0.15) is 5.75 Å². The number of benzene rings is 3. The first kappa shape index (κ1) is 17.5. The van der Waals surface area contributed by atoms with E-state index in [4.69, 9.17) is 4.74 Å². The topological polar surface area (TPSA) is 26.3 Å². The second-order valence-electron chi connectivity index (χ2n) is 7.30. The Labute approximate surface area is 160 Å². The summed E-state index contributed by atoms with van der Waals surface area (Å²) in [5.41, 5.74) is 7.86. The van der Waals surface area contributed by atoms with E-state index in [1.807, 2.05) is 49.4 Å². The first-order valence-electron chi connectivity index (χ1n) is 9.63. The van der Waals surface area contributed by atoms with Gasteiger partial charge in [-0.15, -0.1) is 0 Å². The van der Waals surface area contributed by atoms with E-state index in [0.29, 0.717) is 11.3 Å². The first-order chi connectivity index (χ1) is 13.1. The molecule has 27 heavy (non-hydrogen) atoms. The molecule has 0 aromatic heterocycles. The summed E-state index contributed by atoms with van der Waals surface area (Å²) in [5.74, 6) is 0.329. The quantitative estimate of drug-likeness (QED) is 0.421. The van der Waals surface area contributed by atoms with Gasteiger partial charge >= 0.3 is 5.97 Å². The SMILES string of the molecule is Cc1ccccc1C(=O)Oc1ccccc1-c1c(C)ccc2c1CCCC2. The van der Waals surface area contributed by atoms with Crippen LogP contribution in [-0.4, -0.2) is 5.97 Å². The monoisotopic (exact) mass is 356 g/mol. The van der Waals surface area contributed by atoms with Crippen molar-refractivity contribution in [3.63, 3.8) is 0 Å². The van der Waals surface area contributed by atoms with E-state index in [9.17, 15) is 4.79 Å². The molecule has 0 bridgehead atoms. The largest absolute Gasteiger partial charge is 0.422 e. The molecule has 0 spiro atoms. The Morgan fingerprint density at radius 1 is 0.815 bits per heavy atom. The molecule has 1 aliphatic rings. The second kappa shape index (κ2) is 7.40. The lowest BCUT2D eigenvalue weighted by molar-refractivity contribution is 0.0735. The Kier molecular flexibility index (Phi) is 4.81. The number of carbonyl (C=O) groups excluding carboxylic acids is 1. The van der Waals surface area contributed by atoms with E-state index in [1.54, 1.807) is 0 Å². The van der Waals surface area contributed by atoms with E-state index in [2.05, 4.69) is 25.1 Å². The van der Waals surface area contributed by atoms with Crippen LogP contribution in [0.4, 0.5) is 0 Å². The molecule has 0 fully saturated rings. The molecule has 0 atom stereocenters. The maximum absolute atomic E-state index is 12.8. The highest BCUT2D eigenvalue weighted by Crippen LogP contribution is 2.39. The smallest absolute Gasteiger partial charge is 0.343 e. The van der Waals surface area contributed by atoms with Crippen LogP contribution in [0, 0.1) is 13.8 Å². The fraction of sp³-hybridized carbons (Fsp3) is 0.240. The van der Waals surface area contributed by atoms with Gasteiger partial charge < -0.3 is 4.74 Å². The van der Waals surface area contributed by atoms with Gasteiger partial charge in [-0.25, -0.2) is 4.79 Å². The van der Waals surface area contributed by atoms with E-state index >= 15 is 0 Å². The molecule has 1 aliphatic carbocycles. The van der Waals surface area contributed by atoms with Crippen molar-refractivity contribution in [1.82, 2.24) is 0 Å². The Morgan fingerprint density at radius 2 is 1.56 bits per heavy atom. The average molecular weight is 356 g/mol. The second-order valence-corrected chi connectivity index (χ2v) is 7.30. The zero-order valence-electron chi connectivity index (χ0n) is 15.9. The summed E-state index contributed by atoms with van der Waals surface area (Å²) < 4.78 is 5.87. The maximum atomic E-state index is 12.8. The Hall–Kier alpha value is -2.87. The number of rotatable bonds is 3. The van der Waals surface area contributed by atoms with Gasteiger partial charge in [-0.2, -0.15) is 0 Å². The number of para-hydroxylation sites is 1. The van der Waals surface area contributed by atoms with Crippen molar-refractivity contribution < 1.29 is 9.53 Å². The van der Waals surface area contributed by atoms with Crippen LogP contribution in [0.15, 0.2) is 60.7 Å². The maximum Gasteiger partial charge on any atom is 0.343 e. The summed E-state index contributed by atoms with van der Waals surface area (Å²) in [5, 5.41) is 0. The van der Waals surface area contributed by atoms with Gasteiger partial charge in [0, 0.05) is 5.56 Å². The molecule has 0 heterocycles. The molecule has 4 rings (SSSR count). The van der Waals surface area contributed by atoms with Crippen molar-refractivity contribution in [3.05, 3.63) is 88.5 Å². The van der Waals surface area contributed by atoms with Crippen LogP contribution < -0.4 is 4.74 Å². The minimum Gasteiger partial charge on any atom is -0.422 e. The summed E-state index contributed by atoms with van der Waals surface area (Å²) in [4.78, 5) is 12.8. The van der Waals surface area contributed by atoms with Crippen molar-refractivity contribution in [1.29, 1.82) is 0 Å². The number of ether oxygens (including phenoxy) is 1. The van der Waals surface area contributed by atoms with Crippen LogP contribution in [0.25, 0.3) is 11.1 Å². The number of aryl methyl sites for hydroxylation is 3. The average Bonchev–Trinajstić information content (AvgIpc) is 2.69. The summed E-state index contributed by atoms with van der Waals surface area (Å²) in [7, 11) is 0. The molecule has 3 aromatic carbocycles. The van der Waals surface area contributed by atoms with Crippen LogP contribution in [0.5, 0.6) is 5.75 Å². The van der Waals surface area contributed by atoms with E-state index < -0.39 is 0 Å². The van der Waals surface area contributed by atoms with Gasteiger partial charge in [0.05, 0.1) is 5.56 Å². The third-order valence-corrected chi connectivity index (χ3v) is 5.47. The van der Waals surface area contributed by atoms with Crippen LogP contribution in [-0.2, 0) is 12.8 Å². The molecule has 0 saturated carbocycles. The van der Waals surface area contributed by atoms with Crippen LogP contribution in [0.1, 0.15) is 45.5 Å². The summed E-state index contributed by atoms with van der Waals surface area (Å²) in [6, 6.07) is 19.9. The van der Waals surface area contributed by atoms with Crippen molar-refractivity contribution >= 4 is 5.97 Å². The van der Waals surface area contributed by atoms with E-state index in [-0.39, 0.29) is 5.97 Å². The Balaban J connectivity index is 1.77. The fourth-order valence-electron chi connectivity index (χ4n) is 4.04. The molecule has 0 saturated heterocycles. The van der Waals surface area contributed by atoms with Gasteiger partial charge in [-0.1, -0.05) is 48.5 Å². The van der Waals surface area contributed by atoms with Gasteiger partial charge in [-0.3, -0.25) is 0 Å². The highest BCUT2D eigenvalue weighted by atomic mass is 16.5. The zero-order chi connectivity index (χ0) is 18.8. The molecular weight excluding hydrogens is 332 g/mol. The molecule has 136 valence electrons. The molecule has 0 N–H and O–H groups in total. The molecule has 3 aromatic rings. The standard InChI is InChI=1S/C25H24O2/c1-17-9-3-5-11-20(17)25(26)27-23-14-8-7-13-22(23)24-18(2)15-16-19-10-4-6-12-21(19)24/h3,5,7-9,11,13-16H,4,6,10,12H2,1-2H3. The van der Waals surface area contributed by atoms with Crippen molar-refractivity contribution in [2.75, 3.05) is 0 Å². The Morgan fingerprint density at radius 3 is 2.41 bits per heavy atom. The van der Waals surface area contributed by atoms with E-state index in [0.717, 1.165) is 24.0 Å². The number of hydrogen-bond acceptors (Lipinski definition) is 2. The summed E-state index contributed by atoms with van der Waals surface area (Å²) in [6.07, 6.45) is 4.69. The molecule has 0 unspecified atom stereocenters. The molecule has 0 amide bonds. The third kappa shape index (κ3) is 3.40. The highest BCUT2D eigenvalue weighted by Gasteiger charge is 2.20. The zero-order valence-corrected chi connectivity index (χ0v) is 15.9. The highest BCUT2D eigenvalue weighted by molar-refractivity contribution is 5.93. The van der Waals surface area contributed by atoms with Crippen molar-refractivity contribution in [3.8, 4) is 16.9 Å². The summed E-state index contributed by atoms with van der Waals surface area (Å²) in [6.45, 7) is 4.07. The Bertz CT molecular complexity index is 1000. The normalized spacial score (nSPS) is 13.1. The van der Waals surface area contributed by atoms with Crippen LogP contribution in [0.3, 0.4) is 0 Å². The minimum absolute atomic E-state index is 0.303. The van der Waals surface area contributed by atoms with Crippen LogP contribution >= 0.6 is 0 Å². The summed E-state index contributed by atoms with van der Waals surface area (Å²) >= 11 is 0. The number of carbonyl (C=O) groups is 1. The third-order valence-electron chi connectivity index (χ3n) is 5.47. The minimum atomic E-state index is -0.303. The predicted molar refractivity (Wildman–Crippen MR) is 109 cm³/mol. The fourth-order valence-corrected chi connectivity index (χ4v) is 4.04. The number of fused-ring (bicyclic) bond motifs is 1. The van der Waals surface area contributed by atoms with Gasteiger partial charge in [0.2, 0.25) is 0 Å². The number of esters is 1. The van der Waals surface area contributed by atoms with Crippen molar-refractivity contribution in [2.24, 2.45) is 0 Å². The lowest BCUT2D eigenvalue weighted by Crippen LogP contribution is -2.11. The molecule has 0 aliphatic heterocycles. The van der Waals surface area contributed by atoms with Gasteiger partial charge in [0.25, 0.3) is 0 Å². The predicted octanol–water partition coefficient (Wildman–Crippen LogP) is 6.07. The van der Waals surface area contributed by atoms with Gasteiger partial charge in [-0.05, 0) is 79.5 Å². The van der Waals surface area contributed by atoms with E-state index in [1.165, 1.54) is 35.1 Å². The molecular formula is C25H24O2. The van der Waals surface area contributed by atoms with Crippen molar-refractivity contribution in [2.45, 2.75) is 39.5 Å². The lowest BCUT2D eigenvalue weighted by Gasteiger charge is -2.22. The molecule has 2 heteroatoms. The molecule has 2 nitrogen and oxygen atoms in total.